The van der Waals surface area contributed by atoms with Crippen LogP contribution in [0, 0.1) is 5.41 Å². The fraction of sp³-hybridized carbons (Fsp3) is 0.467. The van der Waals surface area contributed by atoms with Crippen molar-refractivity contribution in [3.63, 3.8) is 0 Å². The van der Waals surface area contributed by atoms with E-state index in [1.54, 1.807) is 7.11 Å². The van der Waals surface area contributed by atoms with E-state index in [1.165, 1.54) is 11.3 Å². The lowest BCUT2D eigenvalue weighted by molar-refractivity contribution is -0.130. The van der Waals surface area contributed by atoms with Crippen LogP contribution in [0.25, 0.3) is 10.2 Å². The molecule has 1 amide bonds. The number of amides is 1. The summed E-state index contributed by atoms with van der Waals surface area (Å²) in [7, 11) is 1.65. The first-order chi connectivity index (χ1) is 10.2. The van der Waals surface area contributed by atoms with Gasteiger partial charge >= 0.3 is 0 Å². The maximum atomic E-state index is 12.7. The lowest BCUT2D eigenvalue weighted by Crippen LogP contribution is -2.47. The van der Waals surface area contributed by atoms with Crippen LogP contribution >= 0.6 is 11.3 Å². The van der Waals surface area contributed by atoms with Crippen molar-refractivity contribution in [2.24, 2.45) is 5.41 Å². The molecule has 0 saturated carbocycles. The van der Waals surface area contributed by atoms with Crippen molar-refractivity contribution in [2.75, 3.05) is 32.1 Å². The largest absolute Gasteiger partial charge is 0.384 e. The van der Waals surface area contributed by atoms with E-state index in [9.17, 15) is 4.79 Å². The number of rotatable bonds is 4. The average molecular weight is 305 g/mol. The number of piperidine rings is 1. The minimum atomic E-state index is -0.447. The molecule has 1 aliphatic heterocycles. The molecule has 0 radical (unpaired) electrons. The Labute approximate surface area is 127 Å². The number of para-hydroxylation sites is 1. The van der Waals surface area contributed by atoms with Gasteiger partial charge in [0, 0.05) is 7.11 Å². The van der Waals surface area contributed by atoms with Crippen LogP contribution in [-0.4, -0.2) is 37.7 Å². The molecule has 2 aromatic rings. The van der Waals surface area contributed by atoms with E-state index in [0.29, 0.717) is 11.7 Å². The summed E-state index contributed by atoms with van der Waals surface area (Å²) in [5, 5.41) is 6.94. The Morgan fingerprint density at radius 1 is 1.43 bits per heavy atom. The number of fused-ring (bicyclic) bond motifs is 1. The topological polar surface area (TPSA) is 63.2 Å². The maximum Gasteiger partial charge on any atom is 0.234 e. The summed E-state index contributed by atoms with van der Waals surface area (Å²) in [6, 6.07) is 7.90. The predicted octanol–water partition coefficient (Wildman–Crippen LogP) is 2.25. The zero-order chi connectivity index (χ0) is 14.7. The zero-order valence-electron chi connectivity index (χ0n) is 12.0. The maximum absolute atomic E-state index is 12.7. The van der Waals surface area contributed by atoms with E-state index >= 15 is 0 Å². The molecule has 2 heterocycles. The minimum Gasteiger partial charge on any atom is -0.384 e. The summed E-state index contributed by atoms with van der Waals surface area (Å²) >= 11 is 1.51. The van der Waals surface area contributed by atoms with Gasteiger partial charge in [0.1, 0.15) is 0 Å². The van der Waals surface area contributed by atoms with Crippen molar-refractivity contribution < 1.29 is 9.53 Å². The van der Waals surface area contributed by atoms with E-state index in [-0.39, 0.29) is 5.91 Å². The van der Waals surface area contributed by atoms with Gasteiger partial charge in [0.2, 0.25) is 5.91 Å². The SMILES string of the molecule is COCC1(C(=O)Nc2nc3ccccc3s2)CCNCC1. The number of benzene rings is 1. The van der Waals surface area contributed by atoms with Crippen molar-refractivity contribution in [2.45, 2.75) is 12.8 Å². The van der Waals surface area contributed by atoms with Gasteiger partial charge < -0.3 is 15.4 Å². The standard InChI is InChI=1S/C15H19N3O2S/c1-20-10-15(6-8-16-9-7-15)13(19)18-14-17-11-4-2-3-5-12(11)21-14/h2-5,16H,6-10H2,1H3,(H,17,18,19). The Hall–Kier alpha value is -1.50. The molecule has 0 aliphatic carbocycles. The van der Waals surface area contributed by atoms with Crippen LogP contribution in [0.1, 0.15) is 12.8 Å². The Balaban J connectivity index is 1.80. The number of carbonyl (C=O) groups excluding carboxylic acids is 1. The van der Waals surface area contributed by atoms with Crippen molar-refractivity contribution >= 4 is 32.6 Å². The second-order valence-corrected chi connectivity index (χ2v) is 6.43. The first-order valence-corrected chi connectivity index (χ1v) is 7.92. The van der Waals surface area contributed by atoms with Crippen molar-refractivity contribution in [3.8, 4) is 0 Å². The Morgan fingerprint density at radius 3 is 2.90 bits per heavy atom. The van der Waals surface area contributed by atoms with Gasteiger partial charge in [0.15, 0.2) is 5.13 Å². The van der Waals surface area contributed by atoms with Crippen LogP contribution in [0.3, 0.4) is 0 Å². The molecule has 1 aliphatic rings. The van der Waals surface area contributed by atoms with Crippen LogP contribution in [0.2, 0.25) is 0 Å². The minimum absolute atomic E-state index is 0.0184. The molecule has 1 fully saturated rings. The molecule has 0 unspecified atom stereocenters. The number of ether oxygens (including phenoxy) is 1. The molecule has 1 saturated heterocycles. The first-order valence-electron chi connectivity index (χ1n) is 7.10. The van der Waals surface area contributed by atoms with Gasteiger partial charge in [-0.2, -0.15) is 0 Å². The van der Waals surface area contributed by atoms with Crippen LogP contribution < -0.4 is 10.6 Å². The molecule has 5 nitrogen and oxygen atoms in total. The molecule has 112 valence electrons. The second kappa shape index (κ2) is 6.09. The molecule has 1 aromatic heterocycles. The Kier molecular flexibility index (Phi) is 4.19. The number of carbonyl (C=O) groups is 1. The highest BCUT2D eigenvalue weighted by atomic mass is 32.1. The lowest BCUT2D eigenvalue weighted by atomic mass is 9.79. The molecule has 0 spiro atoms. The lowest BCUT2D eigenvalue weighted by Gasteiger charge is -2.35. The smallest absolute Gasteiger partial charge is 0.234 e. The number of thiazole rings is 1. The third-order valence-electron chi connectivity index (χ3n) is 3.98. The second-order valence-electron chi connectivity index (χ2n) is 5.40. The van der Waals surface area contributed by atoms with Crippen LogP contribution in [0.5, 0.6) is 0 Å². The Morgan fingerprint density at radius 2 is 2.19 bits per heavy atom. The third kappa shape index (κ3) is 2.92. The number of aromatic nitrogens is 1. The highest BCUT2D eigenvalue weighted by Crippen LogP contribution is 2.32. The highest BCUT2D eigenvalue weighted by Gasteiger charge is 2.40. The normalized spacial score (nSPS) is 17.8. The molecular formula is C15H19N3O2S. The molecule has 21 heavy (non-hydrogen) atoms. The fourth-order valence-corrected chi connectivity index (χ4v) is 3.63. The number of nitrogens with one attached hydrogen (secondary N) is 2. The van der Waals surface area contributed by atoms with Crippen LogP contribution in [0.4, 0.5) is 5.13 Å². The molecule has 6 heteroatoms. The third-order valence-corrected chi connectivity index (χ3v) is 4.93. The van der Waals surface area contributed by atoms with E-state index in [0.717, 1.165) is 36.1 Å². The molecular weight excluding hydrogens is 286 g/mol. The van der Waals surface area contributed by atoms with Gasteiger partial charge in [-0.05, 0) is 38.1 Å². The van der Waals surface area contributed by atoms with Gasteiger partial charge in [0.25, 0.3) is 0 Å². The average Bonchev–Trinajstić information content (AvgIpc) is 2.90. The van der Waals surface area contributed by atoms with Gasteiger partial charge in [-0.15, -0.1) is 0 Å². The predicted molar refractivity (Wildman–Crippen MR) is 84.7 cm³/mol. The van der Waals surface area contributed by atoms with E-state index in [4.69, 9.17) is 4.74 Å². The summed E-state index contributed by atoms with van der Waals surface area (Å²) in [4.78, 5) is 17.2. The van der Waals surface area contributed by atoms with E-state index in [2.05, 4.69) is 15.6 Å². The number of anilines is 1. The molecule has 0 bridgehead atoms. The van der Waals surface area contributed by atoms with E-state index < -0.39 is 5.41 Å². The van der Waals surface area contributed by atoms with Crippen LogP contribution in [-0.2, 0) is 9.53 Å². The van der Waals surface area contributed by atoms with Gasteiger partial charge in [-0.25, -0.2) is 4.98 Å². The van der Waals surface area contributed by atoms with E-state index in [1.807, 2.05) is 24.3 Å². The first kappa shape index (κ1) is 14.4. The quantitative estimate of drug-likeness (QED) is 0.909. The summed E-state index contributed by atoms with van der Waals surface area (Å²) in [5.74, 6) is 0.0184. The molecule has 0 atom stereocenters. The summed E-state index contributed by atoms with van der Waals surface area (Å²) < 4.78 is 6.38. The van der Waals surface area contributed by atoms with Crippen molar-refractivity contribution in [1.82, 2.24) is 10.3 Å². The number of hydrogen-bond donors (Lipinski definition) is 2. The van der Waals surface area contributed by atoms with Crippen LogP contribution in [0.15, 0.2) is 24.3 Å². The fourth-order valence-electron chi connectivity index (χ4n) is 2.77. The summed E-state index contributed by atoms with van der Waals surface area (Å²) in [6.07, 6.45) is 1.58. The molecule has 3 rings (SSSR count). The van der Waals surface area contributed by atoms with Crippen molar-refractivity contribution in [3.05, 3.63) is 24.3 Å². The van der Waals surface area contributed by atoms with Gasteiger partial charge in [-0.1, -0.05) is 23.5 Å². The zero-order valence-corrected chi connectivity index (χ0v) is 12.8. The number of nitrogens with zero attached hydrogens (tertiary/aromatic N) is 1. The Bertz CT molecular complexity index is 596. The summed E-state index contributed by atoms with van der Waals surface area (Å²) in [5.41, 5.74) is 0.474. The van der Waals surface area contributed by atoms with Gasteiger partial charge in [-0.3, -0.25) is 4.79 Å². The molecule has 2 N–H and O–H groups in total. The number of methoxy groups -OCH3 is 1. The summed E-state index contributed by atoms with van der Waals surface area (Å²) in [6.45, 7) is 2.14. The molecule has 1 aromatic carbocycles. The van der Waals surface area contributed by atoms with Crippen molar-refractivity contribution in [1.29, 1.82) is 0 Å². The monoisotopic (exact) mass is 305 g/mol. The highest BCUT2D eigenvalue weighted by molar-refractivity contribution is 7.22. The number of hydrogen-bond acceptors (Lipinski definition) is 5. The van der Waals surface area contributed by atoms with Gasteiger partial charge in [0.05, 0.1) is 22.2 Å².